The second-order valence-electron chi connectivity index (χ2n) is 3.18. The van der Waals surface area contributed by atoms with Crippen molar-refractivity contribution in [3.8, 4) is 0 Å². The van der Waals surface area contributed by atoms with Gasteiger partial charge < -0.3 is 5.32 Å². The van der Waals surface area contributed by atoms with Crippen LogP contribution >= 0.6 is 38.9 Å². The molecule has 1 aromatic heterocycles. The Labute approximate surface area is 114 Å². The van der Waals surface area contributed by atoms with E-state index < -0.39 is 11.6 Å². The molecule has 2 rings (SSSR count). The first-order valence-electron chi connectivity index (χ1n) is 4.55. The summed E-state index contributed by atoms with van der Waals surface area (Å²) in [6.45, 7) is 0.452. The first-order chi connectivity index (χ1) is 8.06. The van der Waals surface area contributed by atoms with Crippen molar-refractivity contribution in [2.75, 3.05) is 5.32 Å². The average Bonchev–Trinajstić information content (AvgIpc) is 2.68. The fraction of sp³-hybridized carbons (Fsp3) is 0.100. The minimum Gasteiger partial charge on any atom is -0.379 e. The van der Waals surface area contributed by atoms with Crippen molar-refractivity contribution in [2.45, 2.75) is 6.54 Å². The van der Waals surface area contributed by atoms with E-state index in [-0.39, 0.29) is 0 Å². The number of benzene rings is 1. The zero-order valence-electron chi connectivity index (χ0n) is 8.31. The van der Waals surface area contributed by atoms with Crippen LogP contribution in [-0.2, 0) is 6.54 Å². The molecule has 1 N–H and O–H groups in total. The molecule has 7 heteroatoms. The maximum Gasteiger partial charge on any atom is 0.183 e. The predicted molar refractivity (Wildman–Crippen MR) is 68.5 cm³/mol. The smallest absolute Gasteiger partial charge is 0.183 e. The van der Waals surface area contributed by atoms with E-state index in [9.17, 15) is 8.78 Å². The van der Waals surface area contributed by atoms with Crippen molar-refractivity contribution >= 4 is 44.6 Å². The molecule has 0 unspecified atom stereocenters. The highest BCUT2D eigenvalue weighted by Gasteiger charge is 2.08. The molecule has 0 saturated heterocycles. The Kier molecular flexibility index (Phi) is 3.96. The zero-order chi connectivity index (χ0) is 12.4. The topological polar surface area (TPSA) is 24.9 Å². The van der Waals surface area contributed by atoms with Crippen LogP contribution < -0.4 is 5.32 Å². The predicted octanol–water partition coefficient (Wildman–Crippen LogP) is 4.45. The number of aromatic nitrogens is 1. The standard InChI is InChI=1S/C10H6BrClF2N2S/c11-6-1-7(13)8(14)2-9(6)15-3-5-4-16-10(12)17-5/h1-2,4,15H,3H2. The molecule has 0 aliphatic heterocycles. The van der Waals surface area contributed by atoms with E-state index >= 15 is 0 Å². The zero-order valence-corrected chi connectivity index (χ0v) is 11.5. The van der Waals surface area contributed by atoms with Crippen molar-refractivity contribution in [1.29, 1.82) is 0 Å². The third-order valence-electron chi connectivity index (χ3n) is 1.99. The highest BCUT2D eigenvalue weighted by Crippen LogP contribution is 2.26. The van der Waals surface area contributed by atoms with Gasteiger partial charge in [-0.3, -0.25) is 0 Å². The molecule has 0 fully saturated rings. The first-order valence-corrected chi connectivity index (χ1v) is 6.53. The second kappa shape index (κ2) is 5.29. The molecule has 2 aromatic rings. The van der Waals surface area contributed by atoms with Gasteiger partial charge in [-0.1, -0.05) is 11.6 Å². The number of anilines is 1. The molecule has 0 radical (unpaired) electrons. The summed E-state index contributed by atoms with van der Waals surface area (Å²) < 4.78 is 26.8. The van der Waals surface area contributed by atoms with Crippen LogP contribution in [-0.4, -0.2) is 4.98 Å². The molecule has 0 saturated carbocycles. The highest BCUT2D eigenvalue weighted by molar-refractivity contribution is 9.10. The lowest BCUT2D eigenvalue weighted by atomic mass is 10.3. The quantitative estimate of drug-likeness (QED) is 0.836. The van der Waals surface area contributed by atoms with Gasteiger partial charge in [0.05, 0.1) is 12.2 Å². The van der Waals surface area contributed by atoms with Gasteiger partial charge >= 0.3 is 0 Å². The molecular formula is C10H6BrClF2N2S. The molecule has 0 bridgehead atoms. The largest absolute Gasteiger partial charge is 0.379 e. The van der Waals surface area contributed by atoms with Gasteiger partial charge in [-0.25, -0.2) is 13.8 Å². The maximum atomic E-state index is 13.0. The third-order valence-corrected chi connectivity index (χ3v) is 3.76. The third kappa shape index (κ3) is 3.14. The van der Waals surface area contributed by atoms with Crippen molar-refractivity contribution < 1.29 is 8.78 Å². The molecular weight excluding hydrogens is 334 g/mol. The minimum atomic E-state index is -0.891. The van der Waals surface area contributed by atoms with Crippen molar-refractivity contribution in [3.63, 3.8) is 0 Å². The Bertz CT molecular complexity index is 547. The summed E-state index contributed by atoms with van der Waals surface area (Å²) >= 11 is 10.2. The number of nitrogens with zero attached hydrogens (tertiary/aromatic N) is 1. The van der Waals surface area contributed by atoms with Gasteiger partial charge in [-0.05, 0) is 22.0 Å². The molecule has 0 aliphatic rings. The number of thiazole rings is 1. The Balaban J connectivity index is 2.11. The van der Waals surface area contributed by atoms with Crippen LogP contribution in [0.5, 0.6) is 0 Å². The summed E-state index contributed by atoms with van der Waals surface area (Å²) in [4.78, 5) is 4.79. The summed E-state index contributed by atoms with van der Waals surface area (Å²) in [5, 5.41) is 2.97. The molecule has 0 spiro atoms. The Hall–Kier alpha value is -0.720. The van der Waals surface area contributed by atoms with Crippen LogP contribution in [0.25, 0.3) is 0 Å². The van der Waals surface area contributed by atoms with Gasteiger partial charge in [0.25, 0.3) is 0 Å². The first kappa shape index (κ1) is 12.7. The highest BCUT2D eigenvalue weighted by atomic mass is 79.9. The number of hydrogen-bond acceptors (Lipinski definition) is 3. The van der Waals surface area contributed by atoms with Crippen LogP contribution in [0.15, 0.2) is 22.8 Å². The van der Waals surface area contributed by atoms with E-state index in [1.165, 1.54) is 11.3 Å². The summed E-state index contributed by atoms with van der Waals surface area (Å²) in [7, 11) is 0. The molecule has 2 nitrogen and oxygen atoms in total. The van der Waals surface area contributed by atoms with E-state index in [2.05, 4.69) is 26.2 Å². The minimum absolute atomic E-state index is 0.450. The van der Waals surface area contributed by atoms with E-state index in [0.717, 1.165) is 17.0 Å². The van der Waals surface area contributed by atoms with Crippen molar-refractivity contribution in [1.82, 2.24) is 4.98 Å². The number of halogens is 4. The Morgan fingerprint density at radius 2 is 2.06 bits per heavy atom. The van der Waals surface area contributed by atoms with Crippen LogP contribution in [0, 0.1) is 11.6 Å². The van der Waals surface area contributed by atoms with Crippen molar-refractivity contribution in [2.24, 2.45) is 0 Å². The molecule has 90 valence electrons. The van der Waals surface area contributed by atoms with Crippen molar-refractivity contribution in [3.05, 3.63) is 43.8 Å². The maximum absolute atomic E-state index is 13.0. The van der Waals surface area contributed by atoms with Gasteiger partial charge in [0.15, 0.2) is 16.1 Å². The summed E-state index contributed by atoms with van der Waals surface area (Å²) in [6.07, 6.45) is 1.63. The lowest BCUT2D eigenvalue weighted by Gasteiger charge is -2.07. The Morgan fingerprint density at radius 3 is 2.71 bits per heavy atom. The number of hydrogen-bond donors (Lipinski definition) is 1. The van der Waals surface area contributed by atoms with E-state index in [1.54, 1.807) is 6.20 Å². The monoisotopic (exact) mass is 338 g/mol. The number of rotatable bonds is 3. The van der Waals surface area contributed by atoms with E-state index in [1.807, 2.05) is 0 Å². The van der Waals surface area contributed by atoms with Gasteiger partial charge in [-0.15, -0.1) is 11.3 Å². The van der Waals surface area contributed by atoms with Gasteiger partial charge in [0, 0.05) is 21.6 Å². The van der Waals surface area contributed by atoms with Gasteiger partial charge in [0.2, 0.25) is 0 Å². The van der Waals surface area contributed by atoms with Gasteiger partial charge in [-0.2, -0.15) is 0 Å². The molecule has 17 heavy (non-hydrogen) atoms. The normalized spacial score (nSPS) is 10.6. The molecule has 1 heterocycles. The summed E-state index contributed by atoms with van der Waals surface area (Å²) in [5.41, 5.74) is 0.480. The average molecular weight is 340 g/mol. The fourth-order valence-electron chi connectivity index (χ4n) is 1.21. The lowest BCUT2D eigenvalue weighted by molar-refractivity contribution is 0.508. The summed E-state index contributed by atoms with van der Waals surface area (Å²) in [5.74, 6) is -1.78. The Morgan fingerprint density at radius 1 is 1.35 bits per heavy atom. The molecule has 0 atom stereocenters. The van der Waals surface area contributed by atoms with Crippen LogP contribution in [0.1, 0.15) is 4.88 Å². The second-order valence-corrected chi connectivity index (χ2v) is 5.73. The summed E-state index contributed by atoms with van der Waals surface area (Å²) in [6, 6.07) is 2.18. The fourth-order valence-corrected chi connectivity index (χ4v) is 2.58. The van der Waals surface area contributed by atoms with E-state index in [0.29, 0.717) is 21.2 Å². The SMILES string of the molecule is Fc1cc(Br)c(NCc2cnc(Cl)s2)cc1F. The van der Waals surface area contributed by atoms with Crippen LogP contribution in [0.2, 0.25) is 4.47 Å². The lowest BCUT2D eigenvalue weighted by Crippen LogP contribution is -1.99. The molecule has 0 aliphatic carbocycles. The van der Waals surface area contributed by atoms with E-state index in [4.69, 9.17) is 11.6 Å². The van der Waals surface area contributed by atoms with Gasteiger partial charge in [0.1, 0.15) is 0 Å². The number of nitrogens with one attached hydrogen (secondary N) is 1. The van der Waals surface area contributed by atoms with Crippen LogP contribution in [0.4, 0.5) is 14.5 Å². The van der Waals surface area contributed by atoms with Crippen LogP contribution in [0.3, 0.4) is 0 Å². The molecule has 0 amide bonds. The molecule has 1 aromatic carbocycles.